The van der Waals surface area contributed by atoms with E-state index in [1.54, 1.807) is 11.2 Å². The van der Waals surface area contributed by atoms with Crippen molar-refractivity contribution in [3.05, 3.63) is 18.5 Å². The first-order valence-electron chi connectivity index (χ1n) is 9.18. The molecule has 0 bridgehead atoms. The second-order valence-corrected chi connectivity index (χ2v) is 7.66. The van der Waals surface area contributed by atoms with Crippen LogP contribution in [0.25, 0.3) is 10.9 Å². The maximum atomic E-state index is 12.3. The van der Waals surface area contributed by atoms with E-state index in [-0.39, 0.29) is 6.09 Å². The van der Waals surface area contributed by atoms with E-state index in [0.29, 0.717) is 45.1 Å². The molecular formula is C19H24N4O4. The summed E-state index contributed by atoms with van der Waals surface area (Å²) in [5.74, 6) is 2.28. The lowest BCUT2D eigenvalue weighted by molar-refractivity contribution is 0.0240. The number of hydrogen-bond acceptors (Lipinski definition) is 7. The van der Waals surface area contributed by atoms with Crippen molar-refractivity contribution in [2.45, 2.75) is 26.4 Å². The Balaban J connectivity index is 1.53. The number of aromatic nitrogens is 2. The van der Waals surface area contributed by atoms with Gasteiger partial charge in [-0.2, -0.15) is 0 Å². The highest BCUT2D eigenvalue weighted by Crippen LogP contribution is 2.36. The van der Waals surface area contributed by atoms with Gasteiger partial charge in [-0.05, 0) is 26.8 Å². The smallest absolute Gasteiger partial charge is 0.410 e. The van der Waals surface area contributed by atoms with Gasteiger partial charge in [0.2, 0.25) is 0 Å². The lowest BCUT2D eigenvalue weighted by atomic mass is 10.1. The van der Waals surface area contributed by atoms with Gasteiger partial charge in [-0.3, -0.25) is 0 Å². The third-order valence-corrected chi connectivity index (χ3v) is 4.51. The summed E-state index contributed by atoms with van der Waals surface area (Å²) < 4.78 is 16.8. The summed E-state index contributed by atoms with van der Waals surface area (Å²) in [5, 5.41) is 0.924. The number of benzene rings is 1. The highest BCUT2D eigenvalue weighted by atomic mass is 16.6. The first kappa shape index (κ1) is 17.6. The van der Waals surface area contributed by atoms with Gasteiger partial charge >= 0.3 is 6.09 Å². The second-order valence-electron chi connectivity index (χ2n) is 7.66. The molecule has 2 aromatic rings. The van der Waals surface area contributed by atoms with Crippen molar-refractivity contribution in [3.63, 3.8) is 0 Å². The van der Waals surface area contributed by atoms with Crippen LogP contribution >= 0.6 is 0 Å². The van der Waals surface area contributed by atoms with E-state index in [2.05, 4.69) is 14.9 Å². The van der Waals surface area contributed by atoms with Crippen LogP contribution in [0.4, 0.5) is 10.6 Å². The van der Waals surface area contributed by atoms with Crippen LogP contribution in [0.15, 0.2) is 18.5 Å². The highest BCUT2D eigenvalue weighted by molar-refractivity contribution is 5.92. The fourth-order valence-electron chi connectivity index (χ4n) is 3.26. The Morgan fingerprint density at radius 2 is 1.70 bits per heavy atom. The van der Waals surface area contributed by atoms with Crippen LogP contribution in [0.5, 0.6) is 11.5 Å². The van der Waals surface area contributed by atoms with E-state index < -0.39 is 5.60 Å². The zero-order chi connectivity index (χ0) is 19.0. The van der Waals surface area contributed by atoms with E-state index in [9.17, 15) is 4.79 Å². The van der Waals surface area contributed by atoms with Crippen molar-refractivity contribution in [2.75, 3.05) is 44.3 Å². The van der Waals surface area contributed by atoms with Crippen molar-refractivity contribution >= 4 is 22.8 Å². The number of hydrogen-bond donors (Lipinski definition) is 0. The van der Waals surface area contributed by atoms with Crippen molar-refractivity contribution in [1.29, 1.82) is 0 Å². The average Bonchev–Trinajstić information content (AvgIpc) is 2.64. The Morgan fingerprint density at radius 1 is 1.04 bits per heavy atom. The minimum Gasteiger partial charge on any atom is -0.486 e. The average molecular weight is 372 g/mol. The molecule has 1 aromatic heterocycles. The third kappa shape index (κ3) is 3.70. The Labute approximate surface area is 158 Å². The minimum atomic E-state index is -0.488. The molecule has 0 aliphatic carbocycles. The number of amides is 1. The molecular weight excluding hydrogens is 348 g/mol. The summed E-state index contributed by atoms with van der Waals surface area (Å²) in [6, 6.07) is 3.84. The summed E-state index contributed by atoms with van der Waals surface area (Å²) >= 11 is 0. The summed E-state index contributed by atoms with van der Waals surface area (Å²) in [6.45, 7) is 9.25. The lowest BCUT2D eigenvalue weighted by Gasteiger charge is -2.36. The molecule has 4 rings (SSSR count). The van der Waals surface area contributed by atoms with E-state index in [1.807, 2.05) is 32.9 Å². The first-order chi connectivity index (χ1) is 12.9. The fourth-order valence-corrected chi connectivity index (χ4v) is 3.26. The van der Waals surface area contributed by atoms with Gasteiger partial charge in [-0.25, -0.2) is 14.8 Å². The highest BCUT2D eigenvalue weighted by Gasteiger charge is 2.27. The maximum Gasteiger partial charge on any atom is 0.410 e. The van der Waals surface area contributed by atoms with Gasteiger partial charge in [0.25, 0.3) is 0 Å². The maximum absolute atomic E-state index is 12.3. The molecule has 0 unspecified atom stereocenters. The minimum absolute atomic E-state index is 0.269. The number of nitrogens with zero attached hydrogens (tertiary/aromatic N) is 4. The lowest BCUT2D eigenvalue weighted by Crippen LogP contribution is -2.50. The number of rotatable bonds is 1. The number of fused-ring (bicyclic) bond motifs is 2. The van der Waals surface area contributed by atoms with Crippen molar-refractivity contribution < 1.29 is 19.0 Å². The molecule has 144 valence electrons. The molecule has 0 saturated carbocycles. The summed E-state index contributed by atoms with van der Waals surface area (Å²) in [7, 11) is 0. The van der Waals surface area contributed by atoms with Crippen LogP contribution < -0.4 is 14.4 Å². The molecule has 1 fully saturated rings. The SMILES string of the molecule is CC(C)(C)OC(=O)N1CCN(c2ncnc3cc4c(cc23)OCCO4)CC1. The molecule has 0 atom stereocenters. The Kier molecular flexibility index (Phi) is 4.41. The molecule has 1 aromatic carbocycles. The van der Waals surface area contributed by atoms with Crippen LogP contribution in [0, 0.1) is 0 Å². The molecule has 0 N–H and O–H groups in total. The molecule has 2 aliphatic heterocycles. The number of piperazine rings is 1. The Hall–Kier alpha value is -2.77. The van der Waals surface area contributed by atoms with Gasteiger partial charge in [-0.15, -0.1) is 0 Å². The molecule has 2 aliphatic rings. The summed E-state index contributed by atoms with van der Waals surface area (Å²) in [6.07, 6.45) is 1.29. The van der Waals surface area contributed by atoms with E-state index in [0.717, 1.165) is 22.5 Å². The predicted octanol–water partition coefficient (Wildman–Crippen LogP) is 2.46. The van der Waals surface area contributed by atoms with Crippen LogP contribution in [0.1, 0.15) is 20.8 Å². The van der Waals surface area contributed by atoms with Gasteiger partial charge in [-0.1, -0.05) is 0 Å². The van der Waals surface area contributed by atoms with Gasteiger partial charge in [0, 0.05) is 37.6 Å². The van der Waals surface area contributed by atoms with Crippen molar-refractivity contribution in [1.82, 2.24) is 14.9 Å². The number of ether oxygens (including phenoxy) is 3. The molecule has 8 nitrogen and oxygen atoms in total. The molecule has 27 heavy (non-hydrogen) atoms. The number of carbonyl (C=O) groups is 1. The van der Waals surface area contributed by atoms with Gasteiger partial charge in [0.05, 0.1) is 5.52 Å². The quantitative estimate of drug-likeness (QED) is 0.761. The molecule has 1 saturated heterocycles. The fraction of sp³-hybridized carbons (Fsp3) is 0.526. The molecule has 0 radical (unpaired) electrons. The molecule has 0 spiro atoms. The second kappa shape index (κ2) is 6.75. The van der Waals surface area contributed by atoms with Gasteiger partial charge < -0.3 is 24.0 Å². The van der Waals surface area contributed by atoms with Crippen LogP contribution in [-0.2, 0) is 4.74 Å². The predicted molar refractivity (Wildman–Crippen MR) is 101 cm³/mol. The van der Waals surface area contributed by atoms with Gasteiger partial charge in [0.1, 0.15) is 31.0 Å². The Morgan fingerprint density at radius 3 is 2.37 bits per heavy atom. The molecule has 8 heteroatoms. The topological polar surface area (TPSA) is 77.0 Å². The Bertz CT molecular complexity index is 857. The number of carbonyl (C=O) groups excluding carboxylic acids is 1. The zero-order valence-corrected chi connectivity index (χ0v) is 15.9. The molecule has 3 heterocycles. The number of anilines is 1. The van der Waals surface area contributed by atoms with Crippen molar-refractivity contribution in [2.24, 2.45) is 0 Å². The van der Waals surface area contributed by atoms with Crippen molar-refractivity contribution in [3.8, 4) is 11.5 Å². The van der Waals surface area contributed by atoms with E-state index >= 15 is 0 Å². The first-order valence-corrected chi connectivity index (χ1v) is 9.18. The zero-order valence-electron chi connectivity index (χ0n) is 15.9. The van der Waals surface area contributed by atoms with Gasteiger partial charge in [0.15, 0.2) is 11.5 Å². The third-order valence-electron chi connectivity index (χ3n) is 4.51. The van der Waals surface area contributed by atoms with Crippen LogP contribution in [0.2, 0.25) is 0 Å². The van der Waals surface area contributed by atoms with Crippen LogP contribution in [0.3, 0.4) is 0 Å². The van der Waals surface area contributed by atoms with E-state index in [1.165, 1.54) is 0 Å². The van der Waals surface area contributed by atoms with E-state index in [4.69, 9.17) is 14.2 Å². The largest absolute Gasteiger partial charge is 0.486 e. The monoisotopic (exact) mass is 372 g/mol. The molecule has 1 amide bonds. The normalized spacial score (nSPS) is 17.1. The summed E-state index contributed by atoms with van der Waals surface area (Å²) in [5.41, 5.74) is 0.330. The summed E-state index contributed by atoms with van der Waals surface area (Å²) in [4.78, 5) is 25.0. The van der Waals surface area contributed by atoms with Crippen LogP contribution in [-0.4, -0.2) is 66.0 Å². The standard InChI is InChI=1S/C19H24N4O4/c1-19(2,3)27-18(24)23-6-4-22(5-7-23)17-13-10-15-16(26-9-8-25-15)11-14(13)20-12-21-17/h10-12H,4-9H2,1-3H3.